The number of ether oxygens (including phenoxy) is 1. The van der Waals surface area contributed by atoms with Crippen LogP contribution in [-0.2, 0) is 16.1 Å². The van der Waals surface area contributed by atoms with Gasteiger partial charge in [-0.15, -0.1) is 0 Å². The molecule has 1 aliphatic rings. The highest BCUT2D eigenvalue weighted by molar-refractivity contribution is 6.44. The number of ketones is 2. The number of methoxy groups -OCH3 is 1. The van der Waals surface area contributed by atoms with Gasteiger partial charge in [0.15, 0.2) is 5.78 Å². The lowest BCUT2D eigenvalue weighted by Crippen LogP contribution is -2.36. The number of nitrogens with zero attached hydrogens (tertiary/aromatic N) is 2. The summed E-state index contributed by atoms with van der Waals surface area (Å²) in [7, 11) is 1.55. The lowest BCUT2D eigenvalue weighted by molar-refractivity contribution is -0.695. The Bertz CT molecular complexity index is 1110. The molecule has 0 aliphatic carbocycles. The quantitative estimate of drug-likeness (QED) is 0.257. The number of nitrogens with one attached hydrogen (secondary N) is 1. The Morgan fingerprint density at radius 3 is 2.44 bits per heavy atom. The first-order valence-corrected chi connectivity index (χ1v) is 10.6. The van der Waals surface area contributed by atoms with Crippen molar-refractivity contribution in [2.24, 2.45) is 5.92 Å². The van der Waals surface area contributed by atoms with Crippen LogP contribution in [0.5, 0.6) is 5.75 Å². The Morgan fingerprint density at radius 1 is 1.09 bits per heavy atom. The molecule has 0 saturated carbocycles. The zero-order valence-corrected chi connectivity index (χ0v) is 18.2. The standard InChI is InChI=1S/C25H25N3O4/c1-17-4-6-18(7-5-17)22-21(23(29)19-8-10-20(32-2)11-9-19)24(30)25(31)28(22)14-3-13-27-15-12-26-16-27/h4-12,15-16,21-22H,3,13-14H2,1-2H3/p+1. The number of H-pyrrole nitrogens is 1. The molecule has 1 fully saturated rings. The minimum atomic E-state index is -1.07. The Hall–Kier alpha value is -3.74. The van der Waals surface area contributed by atoms with Gasteiger partial charge in [-0.2, -0.15) is 0 Å². The second-order valence-electron chi connectivity index (χ2n) is 7.99. The molecule has 7 heteroatoms. The molecule has 1 amide bonds. The second-order valence-corrected chi connectivity index (χ2v) is 7.99. The second kappa shape index (κ2) is 9.18. The largest absolute Gasteiger partial charge is 0.497 e. The van der Waals surface area contributed by atoms with E-state index in [4.69, 9.17) is 4.74 Å². The van der Waals surface area contributed by atoms with Gasteiger partial charge >= 0.3 is 0 Å². The summed E-state index contributed by atoms with van der Waals surface area (Å²) < 4.78 is 7.14. The van der Waals surface area contributed by atoms with Crippen molar-refractivity contribution < 1.29 is 23.7 Å². The minimum Gasteiger partial charge on any atom is -0.497 e. The molecule has 2 aromatic carbocycles. The van der Waals surface area contributed by atoms with Crippen molar-refractivity contribution in [2.45, 2.75) is 25.9 Å². The average Bonchev–Trinajstić information content (AvgIpc) is 3.41. The molecule has 1 aliphatic heterocycles. The van der Waals surface area contributed by atoms with E-state index in [1.165, 1.54) is 0 Å². The van der Waals surface area contributed by atoms with Gasteiger partial charge in [0.2, 0.25) is 12.1 Å². The number of amides is 1. The summed E-state index contributed by atoms with van der Waals surface area (Å²) in [6.45, 7) is 3.05. The molecule has 7 nitrogen and oxygen atoms in total. The summed E-state index contributed by atoms with van der Waals surface area (Å²) in [6, 6.07) is 13.7. The fourth-order valence-electron chi connectivity index (χ4n) is 4.18. The van der Waals surface area contributed by atoms with E-state index in [1.807, 2.05) is 54.5 Å². The molecule has 1 N–H and O–H groups in total. The number of carbonyl (C=O) groups is 3. The topological polar surface area (TPSA) is 83.3 Å². The number of aromatic nitrogens is 2. The SMILES string of the molecule is COc1ccc(C(=O)C2C(=O)C(=O)N(CCC[n+]3cc[nH]c3)C2c2ccc(C)cc2)cc1. The summed E-state index contributed by atoms with van der Waals surface area (Å²) in [6.07, 6.45) is 6.23. The number of hydrogen-bond donors (Lipinski definition) is 1. The zero-order valence-electron chi connectivity index (χ0n) is 18.2. The van der Waals surface area contributed by atoms with Crippen molar-refractivity contribution in [3.8, 4) is 5.75 Å². The highest BCUT2D eigenvalue weighted by atomic mass is 16.5. The minimum absolute atomic E-state index is 0.348. The maximum atomic E-state index is 13.4. The number of aromatic amines is 1. The molecule has 0 spiro atoms. The molecule has 0 bridgehead atoms. The molecular formula is C25H26N3O4+. The van der Waals surface area contributed by atoms with Crippen LogP contribution in [0.1, 0.15) is 33.9 Å². The third-order valence-electron chi connectivity index (χ3n) is 5.90. The number of carbonyl (C=O) groups excluding carboxylic acids is 3. The van der Waals surface area contributed by atoms with Gasteiger partial charge in [0.1, 0.15) is 24.1 Å². The van der Waals surface area contributed by atoms with E-state index >= 15 is 0 Å². The maximum absolute atomic E-state index is 13.4. The van der Waals surface area contributed by atoms with Crippen LogP contribution >= 0.6 is 0 Å². The van der Waals surface area contributed by atoms with Gasteiger partial charge in [0.25, 0.3) is 5.91 Å². The first-order chi connectivity index (χ1) is 15.5. The number of imidazole rings is 1. The van der Waals surface area contributed by atoms with E-state index in [0.717, 1.165) is 11.1 Å². The fourth-order valence-corrected chi connectivity index (χ4v) is 4.18. The van der Waals surface area contributed by atoms with Gasteiger partial charge in [-0.05, 0) is 36.8 Å². The number of hydrogen-bond acceptors (Lipinski definition) is 4. The number of aryl methyl sites for hydroxylation is 2. The van der Waals surface area contributed by atoms with E-state index in [2.05, 4.69) is 4.98 Å². The van der Waals surface area contributed by atoms with Crippen LogP contribution in [0.4, 0.5) is 0 Å². The van der Waals surface area contributed by atoms with E-state index in [1.54, 1.807) is 36.3 Å². The summed E-state index contributed by atoms with van der Waals surface area (Å²) in [5, 5.41) is 0. The number of benzene rings is 2. The highest BCUT2D eigenvalue weighted by Crippen LogP contribution is 2.38. The zero-order chi connectivity index (χ0) is 22.7. The first-order valence-electron chi connectivity index (χ1n) is 10.6. The molecule has 3 aromatic rings. The maximum Gasteiger partial charge on any atom is 0.291 e. The van der Waals surface area contributed by atoms with Crippen LogP contribution in [0.3, 0.4) is 0 Å². The van der Waals surface area contributed by atoms with Gasteiger partial charge < -0.3 is 9.64 Å². The molecule has 164 valence electrons. The van der Waals surface area contributed by atoms with Gasteiger partial charge in [0.05, 0.1) is 19.7 Å². The Labute approximate surface area is 186 Å². The Kier molecular flexibility index (Phi) is 6.16. The molecule has 4 rings (SSSR count). The normalized spacial score (nSPS) is 18.2. The van der Waals surface area contributed by atoms with Gasteiger partial charge in [0, 0.05) is 18.5 Å². The molecule has 1 aromatic heterocycles. The summed E-state index contributed by atoms with van der Waals surface area (Å²) >= 11 is 0. The molecule has 32 heavy (non-hydrogen) atoms. The van der Waals surface area contributed by atoms with Crippen molar-refractivity contribution in [3.05, 3.63) is 83.9 Å². The van der Waals surface area contributed by atoms with Crippen molar-refractivity contribution in [3.63, 3.8) is 0 Å². The first kappa shape index (κ1) is 21.5. The summed E-state index contributed by atoms with van der Waals surface area (Å²) in [5.74, 6) is -2.04. The molecule has 2 atom stereocenters. The van der Waals surface area contributed by atoms with Crippen molar-refractivity contribution in [1.82, 2.24) is 9.88 Å². The van der Waals surface area contributed by atoms with Crippen LogP contribution in [0, 0.1) is 12.8 Å². The van der Waals surface area contributed by atoms with E-state index < -0.39 is 23.7 Å². The van der Waals surface area contributed by atoms with Crippen LogP contribution in [0.15, 0.2) is 67.3 Å². The van der Waals surface area contributed by atoms with Gasteiger partial charge in [-0.1, -0.05) is 29.8 Å². The Balaban J connectivity index is 1.64. The third-order valence-corrected chi connectivity index (χ3v) is 5.90. The van der Waals surface area contributed by atoms with Gasteiger partial charge in [-0.25, -0.2) is 4.57 Å². The lowest BCUT2D eigenvalue weighted by Gasteiger charge is -2.27. The average molecular weight is 433 g/mol. The summed E-state index contributed by atoms with van der Waals surface area (Å²) in [5.41, 5.74) is 2.24. The van der Waals surface area contributed by atoms with Crippen LogP contribution < -0.4 is 9.30 Å². The van der Waals surface area contributed by atoms with Gasteiger partial charge in [-0.3, -0.25) is 19.4 Å². The molecule has 1 saturated heterocycles. The smallest absolute Gasteiger partial charge is 0.291 e. The van der Waals surface area contributed by atoms with E-state index in [0.29, 0.717) is 30.8 Å². The summed E-state index contributed by atoms with van der Waals surface area (Å²) in [4.78, 5) is 44.0. The molecular weight excluding hydrogens is 406 g/mol. The predicted molar refractivity (Wildman–Crippen MR) is 117 cm³/mol. The molecule has 0 radical (unpaired) electrons. The van der Waals surface area contributed by atoms with Crippen molar-refractivity contribution >= 4 is 17.5 Å². The number of rotatable bonds is 8. The van der Waals surface area contributed by atoms with E-state index in [9.17, 15) is 14.4 Å². The highest BCUT2D eigenvalue weighted by Gasteiger charge is 2.51. The monoisotopic (exact) mass is 432 g/mol. The van der Waals surface area contributed by atoms with Crippen molar-refractivity contribution in [1.29, 1.82) is 0 Å². The van der Waals surface area contributed by atoms with Crippen LogP contribution in [-0.4, -0.2) is 41.0 Å². The Morgan fingerprint density at radius 2 is 1.81 bits per heavy atom. The molecule has 2 unspecified atom stereocenters. The number of Topliss-reactive ketones (excluding diaryl/α,β-unsaturated/α-hetero) is 2. The van der Waals surface area contributed by atoms with Crippen LogP contribution in [0.25, 0.3) is 0 Å². The predicted octanol–water partition coefficient (Wildman–Crippen LogP) is 2.66. The van der Waals surface area contributed by atoms with Crippen LogP contribution in [0.2, 0.25) is 0 Å². The van der Waals surface area contributed by atoms with Crippen molar-refractivity contribution in [2.75, 3.05) is 13.7 Å². The van der Waals surface area contributed by atoms with E-state index in [-0.39, 0.29) is 5.78 Å². The number of likely N-dealkylation sites (tertiary alicyclic amines) is 1. The third kappa shape index (κ3) is 4.19. The lowest BCUT2D eigenvalue weighted by atomic mass is 9.86. The fraction of sp³-hybridized carbons (Fsp3) is 0.280. The molecule has 2 heterocycles.